The predicted molar refractivity (Wildman–Crippen MR) is 382 cm³/mol. The molecule has 494 valence electrons. The molecule has 0 fully saturated rings. The standard InChI is InChI=1S/C81H147NO3/c1-3-5-7-9-11-13-15-17-19-21-23-25-27-29-31-33-35-37-38-39-40-41-42-43-44-45-47-49-51-53-55-57-59-61-63-65-67-69-71-73-75-77-81(85)82-79(78-83)80(84)76-74-72-70-68-66-64-62-60-58-56-54-52-50-48-46-36-34-32-30-28-26-24-22-20-18-16-14-12-10-8-6-4-2/h5,7,11,13,17,19,23,25,29,31,58,60,66,68,74,76,79-80,83-84H,3-4,6,8-10,12,14-16,18,20-22,24,26-28,30,32-57,59,61-65,67,69-73,75,77-78H2,1-2H3,(H,82,85)/b7-5-,13-11-,19-17-,25-23-,31-29-,60-58+,68-66+,76-74+. The van der Waals surface area contributed by atoms with Crippen molar-refractivity contribution in [2.75, 3.05) is 6.61 Å². The van der Waals surface area contributed by atoms with Gasteiger partial charge in [0.05, 0.1) is 18.8 Å². The summed E-state index contributed by atoms with van der Waals surface area (Å²) in [6.07, 6.45) is 112. The van der Waals surface area contributed by atoms with Crippen LogP contribution in [0.1, 0.15) is 393 Å². The van der Waals surface area contributed by atoms with Gasteiger partial charge in [-0.05, 0) is 89.9 Å². The summed E-state index contributed by atoms with van der Waals surface area (Å²) < 4.78 is 0. The molecule has 0 aromatic heterocycles. The molecule has 0 radical (unpaired) electrons. The van der Waals surface area contributed by atoms with Crippen LogP contribution >= 0.6 is 0 Å². The van der Waals surface area contributed by atoms with Crippen molar-refractivity contribution in [2.24, 2.45) is 0 Å². The maximum atomic E-state index is 12.6. The predicted octanol–water partition coefficient (Wildman–Crippen LogP) is 26.3. The van der Waals surface area contributed by atoms with Crippen molar-refractivity contribution in [3.05, 3.63) is 97.2 Å². The van der Waals surface area contributed by atoms with Gasteiger partial charge in [-0.2, -0.15) is 0 Å². The van der Waals surface area contributed by atoms with Gasteiger partial charge in [0.15, 0.2) is 0 Å². The molecule has 0 bridgehead atoms. The van der Waals surface area contributed by atoms with Crippen LogP contribution in [0.25, 0.3) is 0 Å². The highest BCUT2D eigenvalue weighted by Crippen LogP contribution is 2.19. The van der Waals surface area contributed by atoms with E-state index in [9.17, 15) is 15.0 Å². The van der Waals surface area contributed by atoms with Gasteiger partial charge in [0.1, 0.15) is 0 Å². The molecule has 4 nitrogen and oxygen atoms in total. The Bertz CT molecular complexity index is 1530. The van der Waals surface area contributed by atoms with Crippen LogP contribution in [0.4, 0.5) is 0 Å². The first-order valence-electron chi connectivity index (χ1n) is 38.0. The Morgan fingerprint density at radius 2 is 0.529 bits per heavy atom. The van der Waals surface area contributed by atoms with Crippen LogP contribution in [0.15, 0.2) is 97.2 Å². The summed E-state index contributed by atoms with van der Waals surface area (Å²) in [6.45, 7) is 4.22. The number of allylic oxidation sites excluding steroid dienone is 15. The van der Waals surface area contributed by atoms with Crippen molar-refractivity contribution in [1.29, 1.82) is 0 Å². The summed E-state index contributed by atoms with van der Waals surface area (Å²) in [5.41, 5.74) is 0. The number of hydrogen-bond acceptors (Lipinski definition) is 3. The lowest BCUT2D eigenvalue weighted by molar-refractivity contribution is -0.123. The minimum Gasteiger partial charge on any atom is -0.394 e. The van der Waals surface area contributed by atoms with Crippen LogP contribution in [0, 0.1) is 0 Å². The summed E-state index contributed by atoms with van der Waals surface area (Å²) >= 11 is 0. The third-order valence-electron chi connectivity index (χ3n) is 17.3. The summed E-state index contributed by atoms with van der Waals surface area (Å²) in [4.78, 5) is 12.6. The molecular weight excluding hydrogens is 1030 g/mol. The number of carbonyl (C=O) groups excluding carboxylic acids is 1. The Morgan fingerprint density at radius 3 is 0.824 bits per heavy atom. The summed E-state index contributed by atoms with van der Waals surface area (Å²) in [6, 6.07) is -0.650. The van der Waals surface area contributed by atoms with Gasteiger partial charge in [0.2, 0.25) is 5.91 Å². The number of amides is 1. The molecule has 0 aromatic carbocycles. The van der Waals surface area contributed by atoms with Gasteiger partial charge in [0.25, 0.3) is 0 Å². The fourth-order valence-corrected chi connectivity index (χ4v) is 11.6. The van der Waals surface area contributed by atoms with Crippen molar-refractivity contribution >= 4 is 5.91 Å². The molecule has 0 aromatic rings. The molecule has 3 N–H and O–H groups in total. The Kier molecular flexibility index (Phi) is 73.2. The lowest BCUT2D eigenvalue weighted by atomic mass is 10.0. The molecule has 4 heteroatoms. The highest BCUT2D eigenvalue weighted by molar-refractivity contribution is 5.76. The number of nitrogens with one attached hydrogen (secondary N) is 1. The first-order valence-corrected chi connectivity index (χ1v) is 38.0. The van der Waals surface area contributed by atoms with Crippen LogP contribution in [-0.4, -0.2) is 34.9 Å². The van der Waals surface area contributed by atoms with Crippen LogP contribution in [0.2, 0.25) is 0 Å². The minimum atomic E-state index is -0.875. The summed E-state index contributed by atoms with van der Waals surface area (Å²) in [5, 5.41) is 23.3. The molecule has 0 aliphatic carbocycles. The lowest BCUT2D eigenvalue weighted by Gasteiger charge is -2.19. The first kappa shape index (κ1) is 82.3. The van der Waals surface area contributed by atoms with Crippen LogP contribution in [-0.2, 0) is 4.79 Å². The number of carbonyl (C=O) groups is 1. The summed E-state index contributed by atoms with van der Waals surface area (Å²) in [5.74, 6) is -0.0724. The Morgan fingerprint density at radius 1 is 0.294 bits per heavy atom. The molecule has 1 amide bonds. The largest absolute Gasteiger partial charge is 0.394 e. The SMILES string of the molecule is CC/C=C\C/C=C\C/C=C\C/C=C\C/C=C\CCCCCCCCCCCCCCCCCCCCCCCCCCCC(=O)NC(CO)C(O)/C=C/CC/C=C/CC/C=C/CCCCCCCCCCCCCCCCCCCCCCCC. The third-order valence-corrected chi connectivity index (χ3v) is 17.3. The van der Waals surface area contributed by atoms with Gasteiger partial charge in [0, 0.05) is 6.42 Å². The van der Waals surface area contributed by atoms with E-state index in [0.717, 1.165) is 70.6 Å². The molecular formula is C81H147NO3. The van der Waals surface area contributed by atoms with E-state index in [2.05, 4.69) is 104 Å². The molecule has 0 aliphatic heterocycles. The quantitative estimate of drug-likeness (QED) is 0.0420. The molecule has 0 spiro atoms. The zero-order chi connectivity index (χ0) is 61.2. The van der Waals surface area contributed by atoms with Crippen molar-refractivity contribution in [1.82, 2.24) is 5.32 Å². The highest BCUT2D eigenvalue weighted by Gasteiger charge is 2.18. The molecule has 0 aliphatic rings. The summed E-state index contributed by atoms with van der Waals surface area (Å²) in [7, 11) is 0. The molecule has 0 saturated carbocycles. The normalized spacial score (nSPS) is 13.2. The Labute approximate surface area is 532 Å². The molecule has 2 unspecified atom stereocenters. The van der Waals surface area contributed by atoms with Gasteiger partial charge < -0.3 is 15.5 Å². The van der Waals surface area contributed by atoms with Gasteiger partial charge in [-0.25, -0.2) is 0 Å². The number of rotatable bonds is 70. The average Bonchev–Trinajstić information content (AvgIpc) is 3.51. The fourth-order valence-electron chi connectivity index (χ4n) is 11.6. The number of unbranched alkanes of at least 4 members (excludes halogenated alkanes) is 49. The third kappa shape index (κ3) is 72.0. The molecule has 0 rings (SSSR count). The van der Waals surface area contributed by atoms with E-state index in [4.69, 9.17) is 0 Å². The fraction of sp³-hybridized carbons (Fsp3) is 0.790. The molecule has 0 saturated heterocycles. The highest BCUT2D eigenvalue weighted by atomic mass is 16.3. The molecule has 2 atom stereocenters. The second kappa shape index (κ2) is 75.6. The van der Waals surface area contributed by atoms with E-state index in [1.54, 1.807) is 6.08 Å². The molecule has 0 heterocycles. The zero-order valence-corrected chi connectivity index (χ0v) is 57.1. The smallest absolute Gasteiger partial charge is 0.220 e. The van der Waals surface area contributed by atoms with E-state index in [1.165, 1.54) is 302 Å². The number of aliphatic hydroxyl groups excluding tert-OH is 2. The van der Waals surface area contributed by atoms with Gasteiger partial charge in [-0.1, -0.05) is 394 Å². The van der Waals surface area contributed by atoms with Gasteiger partial charge in [-0.3, -0.25) is 4.79 Å². The first-order chi connectivity index (χ1) is 42.2. The van der Waals surface area contributed by atoms with E-state index < -0.39 is 12.1 Å². The van der Waals surface area contributed by atoms with E-state index in [1.807, 2.05) is 6.08 Å². The number of aliphatic hydroxyl groups is 2. The molecule has 85 heavy (non-hydrogen) atoms. The van der Waals surface area contributed by atoms with Crippen molar-refractivity contribution < 1.29 is 15.0 Å². The Hall–Kier alpha value is -2.69. The van der Waals surface area contributed by atoms with E-state index in [-0.39, 0.29) is 12.5 Å². The zero-order valence-electron chi connectivity index (χ0n) is 57.1. The Balaban J connectivity index is 3.46. The van der Waals surface area contributed by atoms with E-state index >= 15 is 0 Å². The van der Waals surface area contributed by atoms with E-state index in [0.29, 0.717) is 6.42 Å². The monoisotopic (exact) mass is 1180 g/mol. The topological polar surface area (TPSA) is 69.6 Å². The van der Waals surface area contributed by atoms with Crippen LogP contribution in [0.5, 0.6) is 0 Å². The van der Waals surface area contributed by atoms with Gasteiger partial charge in [-0.15, -0.1) is 0 Å². The minimum absolute atomic E-state index is 0.0724. The lowest BCUT2D eigenvalue weighted by Crippen LogP contribution is -2.45. The van der Waals surface area contributed by atoms with Crippen molar-refractivity contribution in [2.45, 2.75) is 405 Å². The van der Waals surface area contributed by atoms with Crippen molar-refractivity contribution in [3.8, 4) is 0 Å². The van der Waals surface area contributed by atoms with Crippen molar-refractivity contribution in [3.63, 3.8) is 0 Å². The maximum Gasteiger partial charge on any atom is 0.220 e. The number of hydrogen-bond donors (Lipinski definition) is 3. The maximum absolute atomic E-state index is 12.6. The van der Waals surface area contributed by atoms with Crippen LogP contribution in [0.3, 0.4) is 0 Å². The second-order valence-electron chi connectivity index (χ2n) is 25.7. The average molecular weight is 1180 g/mol. The second-order valence-corrected chi connectivity index (χ2v) is 25.7. The van der Waals surface area contributed by atoms with Gasteiger partial charge >= 0.3 is 0 Å². The van der Waals surface area contributed by atoms with Crippen LogP contribution < -0.4 is 5.32 Å².